The molecule has 0 saturated heterocycles. The lowest BCUT2D eigenvalue weighted by atomic mass is 10.1. The van der Waals surface area contributed by atoms with Gasteiger partial charge in [-0.1, -0.05) is 18.2 Å². The molecule has 0 radical (unpaired) electrons. The fourth-order valence-corrected chi connectivity index (χ4v) is 2.94. The molecule has 2 aromatic rings. The van der Waals surface area contributed by atoms with Crippen molar-refractivity contribution < 1.29 is 9.84 Å². The minimum atomic E-state index is 0.104. The largest absolute Gasteiger partial charge is 0.474 e. The Labute approximate surface area is 142 Å². The summed E-state index contributed by atoms with van der Waals surface area (Å²) in [5.41, 5.74) is 6.47. The van der Waals surface area contributed by atoms with E-state index in [0.29, 0.717) is 12.4 Å². The molecule has 0 aliphatic carbocycles. The second kappa shape index (κ2) is 7.53. The van der Waals surface area contributed by atoms with E-state index in [-0.39, 0.29) is 12.7 Å². The van der Waals surface area contributed by atoms with Crippen LogP contribution in [0.2, 0.25) is 0 Å². The lowest BCUT2D eigenvalue weighted by Crippen LogP contribution is -2.12. The van der Waals surface area contributed by atoms with E-state index in [1.165, 1.54) is 16.5 Å². The van der Waals surface area contributed by atoms with E-state index in [0.717, 1.165) is 25.0 Å². The van der Waals surface area contributed by atoms with Crippen molar-refractivity contribution in [1.29, 1.82) is 0 Å². The molecule has 0 saturated carbocycles. The van der Waals surface area contributed by atoms with Crippen molar-refractivity contribution in [3.8, 4) is 0 Å². The van der Waals surface area contributed by atoms with Gasteiger partial charge in [0.1, 0.15) is 0 Å². The zero-order chi connectivity index (χ0) is 16.9. The second-order valence-corrected chi connectivity index (χ2v) is 6.31. The highest BCUT2D eigenvalue weighted by Crippen LogP contribution is 2.25. The number of hydrogen-bond acceptors (Lipinski definition) is 4. The first-order chi connectivity index (χ1) is 11.7. The molecule has 0 amide bonds. The van der Waals surface area contributed by atoms with E-state index < -0.39 is 0 Å². The third-order valence-corrected chi connectivity index (χ3v) is 4.03. The van der Waals surface area contributed by atoms with Crippen molar-refractivity contribution in [2.75, 3.05) is 13.2 Å². The van der Waals surface area contributed by atoms with Crippen molar-refractivity contribution in [2.24, 2.45) is 5.10 Å². The molecule has 1 aliphatic heterocycles. The maximum absolute atomic E-state index is 9.00. The molecular weight excluding hydrogens is 302 g/mol. The van der Waals surface area contributed by atoms with Crippen LogP contribution in [0.4, 0.5) is 0 Å². The minimum Gasteiger partial charge on any atom is -0.474 e. The van der Waals surface area contributed by atoms with Gasteiger partial charge in [0.25, 0.3) is 0 Å². The number of aliphatic hydroxyl groups is 1. The van der Waals surface area contributed by atoms with Crippen LogP contribution in [0.5, 0.6) is 0 Å². The van der Waals surface area contributed by atoms with Gasteiger partial charge in [-0.05, 0) is 38.8 Å². The first-order valence-corrected chi connectivity index (χ1v) is 8.56. The van der Waals surface area contributed by atoms with Crippen molar-refractivity contribution in [3.05, 3.63) is 41.6 Å². The molecule has 1 aliphatic rings. The van der Waals surface area contributed by atoms with Gasteiger partial charge in [-0.2, -0.15) is 0 Å². The van der Waals surface area contributed by atoms with Gasteiger partial charge < -0.3 is 19.8 Å². The van der Waals surface area contributed by atoms with Crippen LogP contribution in [0.25, 0.3) is 17.0 Å². The number of nitrogens with zero attached hydrogens (tertiary/aromatic N) is 2. The lowest BCUT2D eigenvalue weighted by molar-refractivity contribution is 0.229. The summed E-state index contributed by atoms with van der Waals surface area (Å²) in [6.07, 6.45) is 6.24. The standard InChI is InChI=1S/C19H25N3O2/c1-14(2)24-19-15(12-20-21-19)11-16-13-22(9-5-6-10-23)18-8-4-3-7-17(16)18/h3-4,7-8,11,13-14,20,23H,5-6,9-10,12H2,1-2H3. The molecule has 0 atom stereocenters. The van der Waals surface area contributed by atoms with Crippen LogP contribution in [0.15, 0.2) is 41.1 Å². The third-order valence-electron chi connectivity index (χ3n) is 4.03. The fourth-order valence-electron chi connectivity index (χ4n) is 2.94. The normalized spacial score (nSPS) is 16.0. The third kappa shape index (κ3) is 3.62. The molecule has 5 nitrogen and oxygen atoms in total. The smallest absolute Gasteiger partial charge is 0.235 e. The number of fused-ring (bicyclic) bond motifs is 1. The first kappa shape index (κ1) is 16.6. The molecule has 2 N–H and O–H groups in total. The zero-order valence-electron chi connectivity index (χ0n) is 14.3. The summed E-state index contributed by atoms with van der Waals surface area (Å²) in [5, 5.41) is 14.5. The molecule has 24 heavy (non-hydrogen) atoms. The number of unbranched alkanes of at least 4 members (excludes halogenated alkanes) is 1. The monoisotopic (exact) mass is 327 g/mol. The predicted octanol–water partition coefficient (Wildman–Crippen LogP) is 3.14. The topological polar surface area (TPSA) is 58.8 Å². The lowest BCUT2D eigenvalue weighted by Gasteiger charge is -2.09. The molecule has 128 valence electrons. The number of hydrogen-bond donors (Lipinski definition) is 2. The van der Waals surface area contributed by atoms with E-state index >= 15 is 0 Å². The van der Waals surface area contributed by atoms with Gasteiger partial charge in [0.2, 0.25) is 5.90 Å². The summed E-state index contributed by atoms with van der Waals surface area (Å²) in [6.45, 7) is 5.85. The van der Waals surface area contributed by atoms with E-state index in [1.54, 1.807) is 0 Å². The average Bonchev–Trinajstić information content (AvgIpc) is 3.13. The van der Waals surface area contributed by atoms with E-state index in [2.05, 4.69) is 51.6 Å². The van der Waals surface area contributed by atoms with Crippen LogP contribution in [-0.2, 0) is 11.3 Å². The van der Waals surface area contributed by atoms with Gasteiger partial charge in [-0.15, -0.1) is 5.10 Å². The van der Waals surface area contributed by atoms with Crippen LogP contribution in [0, 0.1) is 0 Å². The maximum Gasteiger partial charge on any atom is 0.235 e. The Morgan fingerprint density at radius 3 is 2.96 bits per heavy atom. The predicted molar refractivity (Wildman–Crippen MR) is 97.9 cm³/mol. The van der Waals surface area contributed by atoms with Crippen LogP contribution >= 0.6 is 0 Å². The Balaban J connectivity index is 1.92. The first-order valence-electron chi connectivity index (χ1n) is 8.56. The van der Waals surface area contributed by atoms with Gasteiger partial charge >= 0.3 is 0 Å². The molecule has 0 bridgehead atoms. The number of para-hydroxylation sites is 1. The SMILES string of the molecule is CC(C)OC1=NNCC1=Cc1cn(CCCCO)c2ccccc12. The van der Waals surface area contributed by atoms with Crippen molar-refractivity contribution in [1.82, 2.24) is 9.99 Å². The molecular formula is C19H25N3O2. The Bertz CT molecular complexity index is 759. The molecule has 0 fully saturated rings. The van der Waals surface area contributed by atoms with Gasteiger partial charge in [0, 0.05) is 41.4 Å². The molecule has 1 aromatic carbocycles. The zero-order valence-corrected chi connectivity index (χ0v) is 14.3. The summed E-state index contributed by atoms with van der Waals surface area (Å²) < 4.78 is 8.04. The molecule has 0 unspecified atom stereocenters. The molecule has 2 heterocycles. The number of ether oxygens (including phenoxy) is 1. The Morgan fingerprint density at radius 1 is 1.33 bits per heavy atom. The van der Waals surface area contributed by atoms with Crippen molar-refractivity contribution in [2.45, 2.75) is 39.3 Å². The van der Waals surface area contributed by atoms with E-state index in [1.807, 2.05) is 13.8 Å². The average molecular weight is 327 g/mol. The number of hydrazone groups is 1. The van der Waals surface area contributed by atoms with Gasteiger partial charge in [0.15, 0.2) is 0 Å². The highest BCUT2D eigenvalue weighted by Gasteiger charge is 2.17. The molecule has 0 spiro atoms. The van der Waals surface area contributed by atoms with Crippen LogP contribution in [0.1, 0.15) is 32.3 Å². The van der Waals surface area contributed by atoms with E-state index in [4.69, 9.17) is 9.84 Å². The fraction of sp³-hybridized carbons (Fsp3) is 0.421. The highest BCUT2D eigenvalue weighted by molar-refractivity contribution is 6.02. The summed E-state index contributed by atoms with van der Waals surface area (Å²) in [6, 6.07) is 8.41. The summed E-state index contributed by atoms with van der Waals surface area (Å²) in [7, 11) is 0. The summed E-state index contributed by atoms with van der Waals surface area (Å²) >= 11 is 0. The Kier molecular flexibility index (Phi) is 5.20. The number of rotatable bonds is 6. The number of aryl methyl sites for hydroxylation is 1. The van der Waals surface area contributed by atoms with Gasteiger partial charge in [0.05, 0.1) is 12.6 Å². The summed E-state index contributed by atoms with van der Waals surface area (Å²) in [5.74, 6) is 0.683. The number of benzene rings is 1. The van der Waals surface area contributed by atoms with Crippen molar-refractivity contribution >= 4 is 22.9 Å². The Hall–Kier alpha value is -2.27. The molecule has 3 rings (SSSR count). The Morgan fingerprint density at radius 2 is 2.17 bits per heavy atom. The maximum atomic E-state index is 9.00. The number of aromatic nitrogens is 1. The summed E-state index contributed by atoms with van der Waals surface area (Å²) in [4.78, 5) is 0. The van der Waals surface area contributed by atoms with Gasteiger partial charge in [-0.25, -0.2) is 0 Å². The van der Waals surface area contributed by atoms with Crippen LogP contribution in [0.3, 0.4) is 0 Å². The second-order valence-electron chi connectivity index (χ2n) is 6.31. The number of nitrogens with one attached hydrogen (secondary N) is 1. The van der Waals surface area contributed by atoms with Crippen LogP contribution in [-0.4, -0.2) is 34.8 Å². The van der Waals surface area contributed by atoms with Crippen molar-refractivity contribution in [3.63, 3.8) is 0 Å². The molecule has 1 aromatic heterocycles. The molecule has 5 heteroatoms. The highest BCUT2D eigenvalue weighted by atomic mass is 16.5. The van der Waals surface area contributed by atoms with Crippen LogP contribution < -0.4 is 5.43 Å². The minimum absolute atomic E-state index is 0.104. The van der Waals surface area contributed by atoms with E-state index in [9.17, 15) is 0 Å². The quantitative estimate of drug-likeness (QED) is 0.801. The van der Waals surface area contributed by atoms with Gasteiger partial charge in [-0.3, -0.25) is 0 Å². The number of aliphatic hydroxyl groups excluding tert-OH is 1.